The highest BCUT2D eigenvalue weighted by atomic mass is 35.5. The molecule has 1 aromatic heterocycles. The number of anilines is 3. The second-order valence-electron chi connectivity index (χ2n) is 6.82. The first-order valence-corrected chi connectivity index (χ1v) is 10.5. The van der Waals surface area contributed by atoms with Crippen molar-refractivity contribution in [1.82, 2.24) is 4.98 Å². The molecule has 4 rings (SSSR count). The van der Waals surface area contributed by atoms with Gasteiger partial charge in [-0.2, -0.15) is 0 Å². The molecule has 1 fully saturated rings. The Morgan fingerprint density at radius 3 is 2.31 bits per heavy atom. The van der Waals surface area contributed by atoms with Gasteiger partial charge in [-0.05, 0) is 55.5 Å². The molecule has 1 saturated heterocycles. The topological polar surface area (TPSA) is 48.5 Å². The molecule has 0 aliphatic carbocycles. The lowest BCUT2D eigenvalue weighted by atomic mass is 10.2. The Balaban J connectivity index is 1.41. The predicted molar refractivity (Wildman–Crippen MR) is 117 cm³/mol. The number of carbonyl (C=O) groups excluding carboxylic acids is 1. The fraction of sp³-hybridized carbons (Fsp3) is 0.238. The molecule has 1 aliphatic rings. The molecular formula is C21H20ClFN4OS. The molecule has 5 nitrogen and oxygen atoms in total. The van der Waals surface area contributed by atoms with Crippen LogP contribution in [0.15, 0.2) is 48.5 Å². The highest BCUT2D eigenvalue weighted by molar-refractivity contribution is 7.17. The molecule has 3 aromatic rings. The summed E-state index contributed by atoms with van der Waals surface area (Å²) in [6.07, 6.45) is 0. The van der Waals surface area contributed by atoms with Gasteiger partial charge in [-0.15, -0.1) is 0 Å². The lowest BCUT2D eigenvalue weighted by molar-refractivity contribution is 0.103. The van der Waals surface area contributed by atoms with Crippen molar-refractivity contribution >= 4 is 45.4 Å². The molecule has 8 heteroatoms. The first-order valence-electron chi connectivity index (χ1n) is 9.29. The van der Waals surface area contributed by atoms with Crippen molar-refractivity contribution in [3.8, 4) is 0 Å². The number of hydrogen-bond donors (Lipinski definition) is 1. The van der Waals surface area contributed by atoms with Gasteiger partial charge in [0.2, 0.25) is 0 Å². The summed E-state index contributed by atoms with van der Waals surface area (Å²) < 4.78 is 13.1. The van der Waals surface area contributed by atoms with Crippen LogP contribution in [0.3, 0.4) is 0 Å². The molecule has 1 N–H and O–H groups in total. The van der Waals surface area contributed by atoms with Crippen molar-refractivity contribution in [1.29, 1.82) is 0 Å². The van der Waals surface area contributed by atoms with E-state index in [2.05, 4.69) is 20.1 Å². The highest BCUT2D eigenvalue weighted by Gasteiger charge is 2.23. The Hall–Kier alpha value is -2.64. The van der Waals surface area contributed by atoms with E-state index in [-0.39, 0.29) is 11.7 Å². The van der Waals surface area contributed by atoms with Crippen LogP contribution in [0.25, 0.3) is 0 Å². The molecule has 2 heterocycles. The standard InChI is InChI=1S/C21H20ClFN4OS/c1-14-19(20(28)25-17-6-2-15(22)3-7-17)29-21(24-14)27-12-10-26(11-13-27)18-8-4-16(23)5-9-18/h2-9H,10-13H2,1H3,(H,25,28). The molecule has 1 amide bonds. The van der Waals surface area contributed by atoms with Gasteiger partial charge in [0.25, 0.3) is 5.91 Å². The number of thiazole rings is 1. The summed E-state index contributed by atoms with van der Waals surface area (Å²) in [5, 5.41) is 4.36. The van der Waals surface area contributed by atoms with Crippen molar-refractivity contribution in [2.75, 3.05) is 41.3 Å². The normalized spacial score (nSPS) is 14.2. The number of hydrogen-bond acceptors (Lipinski definition) is 5. The third-order valence-electron chi connectivity index (χ3n) is 4.84. The van der Waals surface area contributed by atoms with Gasteiger partial charge < -0.3 is 15.1 Å². The fourth-order valence-corrected chi connectivity index (χ4v) is 4.40. The van der Waals surface area contributed by atoms with E-state index in [0.29, 0.717) is 15.6 Å². The zero-order valence-electron chi connectivity index (χ0n) is 15.9. The van der Waals surface area contributed by atoms with Gasteiger partial charge in [0.15, 0.2) is 5.13 Å². The number of nitrogens with one attached hydrogen (secondary N) is 1. The molecule has 0 radical (unpaired) electrons. The highest BCUT2D eigenvalue weighted by Crippen LogP contribution is 2.29. The molecule has 29 heavy (non-hydrogen) atoms. The summed E-state index contributed by atoms with van der Waals surface area (Å²) in [7, 11) is 0. The molecule has 0 atom stereocenters. The average molecular weight is 431 g/mol. The van der Waals surface area contributed by atoms with Crippen LogP contribution >= 0.6 is 22.9 Å². The Bertz CT molecular complexity index is 999. The molecule has 0 saturated carbocycles. The lowest BCUT2D eigenvalue weighted by Gasteiger charge is -2.36. The lowest BCUT2D eigenvalue weighted by Crippen LogP contribution is -2.46. The summed E-state index contributed by atoms with van der Waals surface area (Å²) in [4.78, 5) is 22.3. The maximum absolute atomic E-state index is 13.1. The van der Waals surface area contributed by atoms with Crippen LogP contribution in [-0.2, 0) is 0 Å². The number of nitrogens with zero attached hydrogens (tertiary/aromatic N) is 3. The quantitative estimate of drug-likeness (QED) is 0.644. The number of amides is 1. The zero-order valence-corrected chi connectivity index (χ0v) is 17.4. The molecule has 0 unspecified atom stereocenters. The minimum atomic E-state index is -0.227. The number of piperazine rings is 1. The van der Waals surface area contributed by atoms with Crippen molar-refractivity contribution in [3.05, 3.63) is 69.9 Å². The second kappa shape index (κ2) is 8.39. The fourth-order valence-electron chi connectivity index (χ4n) is 3.26. The first-order chi connectivity index (χ1) is 14.0. The first kappa shape index (κ1) is 19.7. The largest absolute Gasteiger partial charge is 0.368 e. The van der Waals surface area contributed by atoms with E-state index >= 15 is 0 Å². The van der Waals surface area contributed by atoms with E-state index in [1.165, 1.54) is 23.5 Å². The number of rotatable bonds is 4. The molecule has 0 spiro atoms. The Morgan fingerprint density at radius 2 is 1.66 bits per heavy atom. The Labute approximate surface area is 177 Å². The van der Waals surface area contributed by atoms with Gasteiger partial charge >= 0.3 is 0 Å². The van der Waals surface area contributed by atoms with E-state index in [0.717, 1.165) is 42.7 Å². The number of aromatic nitrogens is 1. The molecule has 150 valence electrons. The minimum Gasteiger partial charge on any atom is -0.368 e. The maximum atomic E-state index is 13.1. The van der Waals surface area contributed by atoms with E-state index in [1.54, 1.807) is 36.4 Å². The van der Waals surface area contributed by atoms with Gasteiger partial charge in [-0.25, -0.2) is 9.37 Å². The van der Waals surface area contributed by atoms with Gasteiger partial charge in [0.05, 0.1) is 5.69 Å². The van der Waals surface area contributed by atoms with Crippen LogP contribution in [0.1, 0.15) is 15.4 Å². The van der Waals surface area contributed by atoms with Gasteiger partial charge in [0.1, 0.15) is 10.7 Å². The zero-order chi connectivity index (χ0) is 20.4. The summed E-state index contributed by atoms with van der Waals surface area (Å²) >= 11 is 7.29. The summed E-state index contributed by atoms with van der Waals surface area (Å²) in [6, 6.07) is 13.6. The van der Waals surface area contributed by atoms with Crippen molar-refractivity contribution in [2.24, 2.45) is 0 Å². The molecule has 1 aliphatic heterocycles. The minimum absolute atomic E-state index is 0.168. The third-order valence-corrected chi connectivity index (χ3v) is 6.30. The van der Waals surface area contributed by atoms with E-state index < -0.39 is 0 Å². The van der Waals surface area contributed by atoms with Gasteiger partial charge in [-0.3, -0.25) is 4.79 Å². The van der Waals surface area contributed by atoms with Crippen LogP contribution in [0, 0.1) is 12.7 Å². The van der Waals surface area contributed by atoms with Gasteiger partial charge in [-0.1, -0.05) is 22.9 Å². The second-order valence-corrected chi connectivity index (χ2v) is 8.24. The number of halogens is 2. The SMILES string of the molecule is Cc1nc(N2CCN(c3ccc(F)cc3)CC2)sc1C(=O)Nc1ccc(Cl)cc1. The van der Waals surface area contributed by atoms with Crippen molar-refractivity contribution in [2.45, 2.75) is 6.92 Å². The summed E-state index contributed by atoms with van der Waals surface area (Å²) in [5.41, 5.74) is 2.43. The molecular weight excluding hydrogens is 411 g/mol. The average Bonchev–Trinajstić information content (AvgIpc) is 3.12. The summed E-state index contributed by atoms with van der Waals surface area (Å²) in [6.45, 7) is 5.07. The van der Waals surface area contributed by atoms with E-state index in [1.807, 2.05) is 6.92 Å². The Morgan fingerprint density at radius 1 is 1.03 bits per heavy atom. The third kappa shape index (κ3) is 4.52. The van der Waals surface area contributed by atoms with Crippen LogP contribution in [0.5, 0.6) is 0 Å². The smallest absolute Gasteiger partial charge is 0.267 e. The monoisotopic (exact) mass is 430 g/mol. The summed E-state index contributed by atoms with van der Waals surface area (Å²) in [5.74, 6) is -0.395. The van der Waals surface area contributed by atoms with Crippen LogP contribution in [0.2, 0.25) is 5.02 Å². The van der Waals surface area contributed by atoms with Crippen molar-refractivity contribution in [3.63, 3.8) is 0 Å². The maximum Gasteiger partial charge on any atom is 0.267 e. The van der Waals surface area contributed by atoms with Crippen LogP contribution in [0.4, 0.5) is 20.9 Å². The van der Waals surface area contributed by atoms with Crippen LogP contribution < -0.4 is 15.1 Å². The van der Waals surface area contributed by atoms with Crippen LogP contribution in [-0.4, -0.2) is 37.1 Å². The predicted octanol–water partition coefficient (Wildman–Crippen LogP) is 4.82. The molecule has 2 aromatic carbocycles. The molecule has 0 bridgehead atoms. The van der Waals surface area contributed by atoms with Gasteiger partial charge in [0, 0.05) is 42.6 Å². The van der Waals surface area contributed by atoms with Crippen molar-refractivity contribution < 1.29 is 9.18 Å². The Kier molecular flexibility index (Phi) is 5.69. The van der Waals surface area contributed by atoms with E-state index in [4.69, 9.17) is 11.6 Å². The number of carbonyl (C=O) groups is 1. The number of aryl methyl sites for hydroxylation is 1. The van der Waals surface area contributed by atoms with E-state index in [9.17, 15) is 9.18 Å². The number of benzene rings is 2.